The van der Waals surface area contributed by atoms with Crippen molar-refractivity contribution in [2.24, 2.45) is 0 Å². The molecule has 5 heteroatoms. The predicted molar refractivity (Wildman–Crippen MR) is 53.6 cm³/mol. The molecule has 0 bridgehead atoms. The summed E-state index contributed by atoms with van der Waals surface area (Å²) in [5.41, 5.74) is 0.0523. The smallest absolute Gasteiger partial charge is 0.251 e. The van der Waals surface area contributed by atoms with E-state index in [-0.39, 0.29) is 23.6 Å². The fraction of sp³-hybridized carbons (Fsp3) is 0.400. The predicted octanol–water partition coefficient (Wildman–Crippen LogP) is -0.372. The van der Waals surface area contributed by atoms with E-state index in [0.29, 0.717) is 18.4 Å². The second kappa shape index (κ2) is 3.86. The first-order valence-corrected chi connectivity index (χ1v) is 4.83. The molecule has 1 heterocycles. The molecule has 1 aromatic rings. The summed E-state index contributed by atoms with van der Waals surface area (Å²) in [6, 6.07) is 2.84. The number of H-pyrrole nitrogens is 1. The van der Waals surface area contributed by atoms with Crippen molar-refractivity contribution in [3.8, 4) is 0 Å². The van der Waals surface area contributed by atoms with Crippen LogP contribution in [0.3, 0.4) is 0 Å². The second-order valence-corrected chi connectivity index (χ2v) is 3.74. The first-order chi connectivity index (χ1) is 7.15. The Kier molecular flexibility index (Phi) is 2.55. The molecule has 0 atom stereocenters. The van der Waals surface area contributed by atoms with Gasteiger partial charge in [0.05, 0.1) is 6.10 Å². The van der Waals surface area contributed by atoms with Gasteiger partial charge in [0.2, 0.25) is 5.56 Å². The molecule has 0 unspecified atom stereocenters. The molecule has 0 spiro atoms. The molecule has 0 saturated heterocycles. The Morgan fingerprint density at radius 3 is 2.87 bits per heavy atom. The Morgan fingerprint density at radius 1 is 1.53 bits per heavy atom. The van der Waals surface area contributed by atoms with Gasteiger partial charge in [-0.15, -0.1) is 0 Å². The molecule has 1 fully saturated rings. The number of carbonyl (C=O) groups is 1. The summed E-state index contributed by atoms with van der Waals surface area (Å²) in [6.45, 7) is 0. The number of aliphatic hydroxyl groups excluding tert-OH is 1. The van der Waals surface area contributed by atoms with Crippen molar-refractivity contribution in [1.29, 1.82) is 0 Å². The van der Waals surface area contributed by atoms with Crippen LogP contribution in [-0.2, 0) is 0 Å². The second-order valence-electron chi connectivity index (χ2n) is 3.74. The van der Waals surface area contributed by atoms with Crippen molar-refractivity contribution in [2.75, 3.05) is 0 Å². The summed E-state index contributed by atoms with van der Waals surface area (Å²) in [6.07, 6.45) is 2.32. The average molecular weight is 208 g/mol. The number of hydrogen-bond acceptors (Lipinski definition) is 3. The standard InChI is InChI=1S/C10H12N2O3/c13-8-4-7(5-8)12-10(15)6-1-2-11-9(14)3-6/h1-3,7-8,13H,4-5H2,(H,11,14)(H,12,15). The first-order valence-electron chi connectivity index (χ1n) is 4.83. The van der Waals surface area contributed by atoms with Gasteiger partial charge in [0, 0.05) is 23.9 Å². The number of aromatic amines is 1. The number of pyridine rings is 1. The van der Waals surface area contributed by atoms with E-state index in [0.717, 1.165) is 0 Å². The maximum absolute atomic E-state index is 11.6. The van der Waals surface area contributed by atoms with Crippen molar-refractivity contribution in [3.63, 3.8) is 0 Å². The highest BCUT2D eigenvalue weighted by Crippen LogP contribution is 2.19. The third kappa shape index (κ3) is 2.24. The zero-order valence-electron chi connectivity index (χ0n) is 8.06. The van der Waals surface area contributed by atoms with Crippen LogP contribution >= 0.6 is 0 Å². The average Bonchev–Trinajstić information content (AvgIpc) is 2.15. The lowest BCUT2D eigenvalue weighted by molar-refractivity contribution is 0.0562. The van der Waals surface area contributed by atoms with Gasteiger partial charge in [-0.3, -0.25) is 9.59 Å². The maximum atomic E-state index is 11.6. The summed E-state index contributed by atoms with van der Waals surface area (Å²) < 4.78 is 0. The van der Waals surface area contributed by atoms with Gasteiger partial charge in [-0.25, -0.2) is 0 Å². The zero-order chi connectivity index (χ0) is 10.8. The molecule has 3 N–H and O–H groups in total. The summed E-state index contributed by atoms with van der Waals surface area (Å²) >= 11 is 0. The fourth-order valence-corrected chi connectivity index (χ4v) is 1.56. The summed E-state index contributed by atoms with van der Waals surface area (Å²) in [7, 11) is 0. The van der Waals surface area contributed by atoms with Crippen LogP contribution in [0.2, 0.25) is 0 Å². The van der Waals surface area contributed by atoms with Gasteiger partial charge in [0.25, 0.3) is 5.91 Å². The molecule has 1 aromatic heterocycles. The van der Waals surface area contributed by atoms with Gasteiger partial charge in [-0.1, -0.05) is 0 Å². The summed E-state index contributed by atoms with van der Waals surface area (Å²) in [5.74, 6) is -0.266. The number of rotatable bonds is 2. The Bertz CT molecular complexity index is 421. The van der Waals surface area contributed by atoms with Crippen LogP contribution in [0.25, 0.3) is 0 Å². The first kappa shape index (κ1) is 9.92. The van der Waals surface area contributed by atoms with E-state index < -0.39 is 0 Å². The topological polar surface area (TPSA) is 82.2 Å². The highest BCUT2D eigenvalue weighted by atomic mass is 16.3. The van der Waals surface area contributed by atoms with E-state index in [1.165, 1.54) is 12.3 Å². The van der Waals surface area contributed by atoms with Crippen LogP contribution in [0.15, 0.2) is 23.1 Å². The molecule has 1 amide bonds. The summed E-state index contributed by atoms with van der Waals surface area (Å²) in [4.78, 5) is 24.9. The van der Waals surface area contributed by atoms with Crippen LogP contribution in [0.4, 0.5) is 0 Å². The van der Waals surface area contributed by atoms with E-state index in [1.54, 1.807) is 6.07 Å². The maximum Gasteiger partial charge on any atom is 0.251 e. The lowest BCUT2D eigenvalue weighted by atomic mass is 9.89. The van der Waals surface area contributed by atoms with Crippen LogP contribution in [0.5, 0.6) is 0 Å². The van der Waals surface area contributed by atoms with Crippen molar-refractivity contribution < 1.29 is 9.90 Å². The van der Waals surface area contributed by atoms with E-state index in [2.05, 4.69) is 10.3 Å². The molecule has 1 aliphatic carbocycles. The largest absolute Gasteiger partial charge is 0.393 e. The van der Waals surface area contributed by atoms with Gasteiger partial charge < -0.3 is 15.4 Å². The van der Waals surface area contributed by atoms with Gasteiger partial charge in [-0.05, 0) is 18.9 Å². The van der Waals surface area contributed by atoms with Crippen LogP contribution in [0.1, 0.15) is 23.2 Å². The number of nitrogens with one attached hydrogen (secondary N) is 2. The summed E-state index contributed by atoms with van der Waals surface area (Å²) in [5, 5.41) is 11.8. The lowest BCUT2D eigenvalue weighted by Crippen LogP contribution is -2.46. The fourth-order valence-electron chi connectivity index (χ4n) is 1.56. The van der Waals surface area contributed by atoms with E-state index >= 15 is 0 Å². The van der Waals surface area contributed by atoms with Crippen LogP contribution in [-0.4, -0.2) is 28.1 Å². The molecular weight excluding hydrogens is 196 g/mol. The molecule has 1 saturated carbocycles. The number of carbonyl (C=O) groups excluding carboxylic acids is 1. The number of hydrogen-bond donors (Lipinski definition) is 3. The van der Waals surface area contributed by atoms with Gasteiger partial charge >= 0.3 is 0 Å². The minimum absolute atomic E-state index is 0.0341. The van der Waals surface area contributed by atoms with Crippen molar-refractivity contribution in [1.82, 2.24) is 10.3 Å². The van der Waals surface area contributed by atoms with E-state index in [4.69, 9.17) is 5.11 Å². The highest BCUT2D eigenvalue weighted by molar-refractivity contribution is 5.94. The molecule has 1 aliphatic rings. The minimum atomic E-state index is -0.297. The van der Waals surface area contributed by atoms with E-state index in [1.807, 2.05) is 0 Å². The number of aliphatic hydroxyl groups is 1. The molecule has 0 aromatic carbocycles. The minimum Gasteiger partial charge on any atom is -0.393 e. The highest BCUT2D eigenvalue weighted by Gasteiger charge is 2.28. The van der Waals surface area contributed by atoms with Crippen LogP contribution < -0.4 is 10.9 Å². The Hall–Kier alpha value is -1.62. The van der Waals surface area contributed by atoms with Gasteiger partial charge in [0.1, 0.15) is 0 Å². The molecule has 0 radical (unpaired) electrons. The molecule has 5 nitrogen and oxygen atoms in total. The molecular formula is C10H12N2O3. The quantitative estimate of drug-likeness (QED) is 0.620. The zero-order valence-corrected chi connectivity index (χ0v) is 8.06. The number of amides is 1. The van der Waals surface area contributed by atoms with E-state index in [9.17, 15) is 9.59 Å². The number of aromatic nitrogens is 1. The van der Waals surface area contributed by atoms with Crippen molar-refractivity contribution in [2.45, 2.75) is 25.0 Å². The van der Waals surface area contributed by atoms with Crippen molar-refractivity contribution >= 4 is 5.91 Å². The monoisotopic (exact) mass is 208 g/mol. The van der Waals surface area contributed by atoms with Crippen molar-refractivity contribution in [3.05, 3.63) is 34.2 Å². The lowest BCUT2D eigenvalue weighted by Gasteiger charge is -2.31. The molecule has 15 heavy (non-hydrogen) atoms. The normalized spacial score (nSPS) is 24.3. The molecule has 2 rings (SSSR count). The third-order valence-electron chi connectivity index (χ3n) is 2.49. The SMILES string of the molecule is O=C(NC1CC(O)C1)c1cc[nH]c(=O)c1. The third-order valence-corrected chi connectivity index (χ3v) is 2.49. The Balaban J connectivity index is 1.99. The molecule has 80 valence electrons. The Morgan fingerprint density at radius 2 is 2.27 bits per heavy atom. The van der Waals surface area contributed by atoms with Crippen LogP contribution in [0, 0.1) is 0 Å². The van der Waals surface area contributed by atoms with Gasteiger partial charge in [-0.2, -0.15) is 0 Å². The Labute approximate surface area is 86.1 Å². The molecule has 0 aliphatic heterocycles. The van der Waals surface area contributed by atoms with Gasteiger partial charge in [0.15, 0.2) is 0 Å².